The molecule has 1 aromatic carbocycles. The van der Waals surface area contributed by atoms with Crippen LogP contribution < -0.4 is 4.74 Å². The summed E-state index contributed by atoms with van der Waals surface area (Å²) >= 11 is 0. The van der Waals surface area contributed by atoms with E-state index in [2.05, 4.69) is 6.07 Å². The van der Waals surface area contributed by atoms with Crippen molar-refractivity contribution in [2.75, 3.05) is 0 Å². The first kappa shape index (κ1) is 10.0. The maximum Gasteiger partial charge on any atom is 0.121 e. The Kier molecular flexibility index (Phi) is 2.89. The van der Waals surface area contributed by atoms with E-state index in [-0.39, 0.29) is 12.2 Å². The molecular formula is C12H13NO2. The van der Waals surface area contributed by atoms with Gasteiger partial charge in [-0.05, 0) is 31.0 Å². The molecule has 3 heteroatoms. The lowest BCUT2D eigenvalue weighted by Crippen LogP contribution is -2.13. The molecule has 2 rings (SSSR count). The fraction of sp³-hybridized carbons (Fsp3) is 0.417. The van der Waals surface area contributed by atoms with E-state index >= 15 is 0 Å². The highest BCUT2D eigenvalue weighted by Crippen LogP contribution is 2.24. The van der Waals surface area contributed by atoms with Gasteiger partial charge in [-0.15, -0.1) is 0 Å². The molecular weight excluding hydrogens is 190 g/mol. The van der Waals surface area contributed by atoms with E-state index in [0.29, 0.717) is 17.7 Å². The molecule has 0 saturated heterocycles. The van der Waals surface area contributed by atoms with Gasteiger partial charge < -0.3 is 9.84 Å². The number of rotatable bonds is 2. The second-order valence-corrected chi connectivity index (χ2v) is 3.85. The normalized spacial score (nSPS) is 24.8. The molecule has 0 aromatic heterocycles. The van der Waals surface area contributed by atoms with Crippen molar-refractivity contribution in [3.05, 3.63) is 29.8 Å². The maximum absolute atomic E-state index is 9.35. The molecule has 1 saturated carbocycles. The average Bonchev–Trinajstić information content (AvgIpc) is 2.64. The number of aliphatic hydroxyl groups is 1. The van der Waals surface area contributed by atoms with Crippen molar-refractivity contribution in [3.8, 4) is 11.8 Å². The van der Waals surface area contributed by atoms with Crippen LogP contribution in [-0.2, 0) is 0 Å². The predicted molar refractivity (Wildman–Crippen MR) is 55.4 cm³/mol. The van der Waals surface area contributed by atoms with Crippen molar-refractivity contribution < 1.29 is 9.84 Å². The minimum absolute atomic E-state index is 0.0916. The first-order valence-corrected chi connectivity index (χ1v) is 5.13. The van der Waals surface area contributed by atoms with Crippen LogP contribution in [-0.4, -0.2) is 17.3 Å². The van der Waals surface area contributed by atoms with Crippen LogP contribution in [0.25, 0.3) is 0 Å². The van der Waals surface area contributed by atoms with Gasteiger partial charge in [-0.1, -0.05) is 6.07 Å². The number of aliphatic hydroxyl groups excluding tert-OH is 1. The Labute approximate surface area is 88.9 Å². The monoisotopic (exact) mass is 203 g/mol. The van der Waals surface area contributed by atoms with E-state index in [1.807, 2.05) is 6.07 Å². The van der Waals surface area contributed by atoms with Gasteiger partial charge in [0, 0.05) is 6.42 Å². The third-order valence-corrected chi connectivity index (χ3v) is 2.62. The Balaban J connectivity index is 2.02. The highest BCUT2D eigenvalue weighted by atomic mass is 16.5. The third-order valence-electron chi connectivity index (χ3n) is 2.62. The maximum atomic E-state index is 9.35. The summed E-state index contributed by atoms with van der Waals surface area (Å²) < 4.78 is 5.68. The van der Waals surface area contributed by atoms with Crippen LogP contribution in [0, 0.1) is 11.3 Å². The quantitative estimate of drug-likeness (QED) is 0.798. The van der Waals surface area contributed by atoms with Crippen molar-refractivity contribution in [1.29, 1.82) is 5.26 Å². The van der Waals surface area contributed by atoms with Crippen molar-refractivity contribution >= 4 is 0 Å². The van der Waals surface area contributed by atoms with E-state index in [4.69, 9.17) is 10.00 Å². The van der Waals surface area contributed by atoms with Crippen LogP contribution in [0.2, 0.25) is 0 Å². The minimum atomic E-state index is -0.228. The van der Waals surface area contributed by atoms with Crippen molar-refractivity contribution in [1.82, 2.24) is 0 Å². The molecule has 3 nitrogen and oxygen atoms in total. The number of nitrogens with zero attached hydrogens (tertiary/aromatic N) is 1. The minimum Gasteiger partial charge on any atom is -0.490 e. The van der Waals surface area contributed by atoms with Gasteiger partial charge in [0.05, 0.1) is 17.7 Å². The zero-order valence-corrected chi connectivity index (χ0v) is 8.39. The van der Waals surface area contributed by atoms with Crippen LogP contribution in [0.5, 0.6) is 5.75 Å². The molecule has 78 valence electrons. The van der Waals surface area contributed by atoms with Gasteiger partial charge in [0.15, 0.2) is 0 Å². The lowest BCUT2D eigenvalue weighted by atomic mass is 10.2. The van der Waals surface area contributed by atoms with E-state index in [9.17, 15) is 5.11 Å². The molecule has 2 unspecified atom stereocenters. The summed E-state index contributed by atoms with van der Waals surface area (Å²) in [5.74, 6) is 0.716. The number of hydrogen-bond acceptors (Lipinski definition) is 3. The molecule has 1 N–H and O–H groups in total. The molecule has 0 spiro atoms. The highest BCUT2D eigenvalue weighted by Gasteiger charge is 2.24. The highest BCUT2D eigenvalue weighted by molar-refractivity contribution is 5.36. The molecule has 1 aliphatic carbocycles. The van der Waals surface area contributed by atoms with Gasteiger partial charge in [-0.2, -0.15) is 5.26 Å². The fourth-order valence-corrected chi connectivity index (χ4v) is 1.86. The largest absolute Gasteiger partial charge is 0.490 e. The van der Waals surface area contributed by atoms with Gasteiger partial charge in [0.2, 0.25) is 0 Å². The molecule has 1 aliphatic rings. The Morgan fingerprint density at radius 2 is 2.27 bits per heavy atom. The van der Waals surface area contributed by atoms with Crippen LogP contribution in [0.15, 0.2) is 24.3 Å². The third kappa shape index (κ3) is 2.48. The molecule has 2 atom stereocenters. The zero-order chi connectivity index (χ0) is 10.7. The second-order valence-electron chi connectivity index (χ2n) is 3.85. The van der Waals surface area contributed by atoms with Gasteiger partial charge in [0.1, 0.15) is 11.9 Å². The molecule has 15 heavy (non-hydrogen) atoms. The van der Waals surface area contributed by atoms with Crippen LogP contribution in [0.3, 0.4) is 0 Å². The summed E-state index contributed by atoms with van der Waals surface area (Å²) in [6.45, 7) is 0. The van der Waals surface area contributed by atoms with Crippen LogP contribution in [0.4, 0.5) is 0 Å². The van der Waals surface area contributed by atoms with E-state index in [0.717, 1.165) is 12.8 Å². The number of nitriles is 1. The van der Waals surface area contributed by atoms with E-state index < -0.39 is 0 Å². The van der Waals surface area contributed by atoms with Crippen molar-refractivity contribution in [3.63, 3.8) is 0 Å². The summed E-state index contributed by atoms with van der Waals surface area (Å²) in [5.41, 5.74) is 0.603. The van der Waals surface area contributed by atoms with E-state index in [1.165, 1.54) is 0 Å². The first-order chi connectivity index (χ1) is 7.28. The zero-order valence-electron chi connectivity index (χ0n) is 8.39. The van der Waals surface area contributed by atoms with Gasteiger partial charge >= 0.3 is 0 Å². The Morgan fingerprint density at radius 1 is 1.40 bits per heavy atom. The van der Waals surface area contributed by atoms with E-state index in [1.54, 1.807) is 18.2 Å². The summed E-state index contributed by atoms with van der Waals surface area (Å²) in [5, 5.41) is 18.1. The van der Waals surface area contributed by atoms with Crippen LogP contribution >= 0.6 is 0 Å². The number of benzene rings is 1. The molecule has 0 aliphatic heterocycles. The Hall–Kier alpha value is -1.53. The summed E-state index contributed by atoms with van der Waals surface area (Å²) in [7, 11) is 0. The molecule has 0 bridgehead atoms. The predicted octanol–water partition coefficient (Wildman–Crippen LogP) is 1.85. The van der Waals surface area contributed by atoms with Crippen LogP contribution in [0.1, 0.15) is 24.8 Å². The van der Waals surface area contributed by atoms with Crippen molar-refractivity contribution in [2.24, 2.45) is 0 Å². The molecule has 1 aromatic rings. The number of hydrogen-bond donors (Lipinski definition) is 1. The number of ether oxygens (including phenoxy) is 1. The van der Waals surface area contributed by atoms with Crippen molar-refractivity contribution in [2.45, 2.75) is 31.5 Å². The topological polar surface area (TPSA) is 53.2 Å². The summed E-state index contributed by atoms with van der Waals surface area (Å²) in [4.78, 5) is 0. The molecule has 0 amide bonds. The fourth-order valence-electron chi connectivity index (χ4n) is 1.86. The SMILES string of the molecule is N#Cc1cccc(OC2CCC(O)C2)c1. The van der Waals surface area contributed by atoms with Gasteiger partial charge in [-0.3, -0.25) is 0 Å². The average molecular weight is 203 g/mol. The standard InChI is InChI=1S/C12H13NO2/c13-8-9-2-1-3-11(6-9)15-12-5-4-10(14)7-12/h1-3,6,10,12,14H,4-5,7H2. The van der Waals surface area contributed by atoms with Gasteiger partial charge in [-0.25, -0.2) is 0 Å². The Bertz CT molecular complexity index is 383. The molecule has 0 radical (unpaired) electrons. The lowest BCUT2D eigenvalue weighted by molar-refractivity contribution is 0.150. The lowest BCUT2D eigenvalue weighted by Gasteiger charge is -2.12. The molecule has 1 fully saturated rings. The smallest absolute Gasteiger partial charge is 0.121 e. The Morgan fingerprint density at radius 3 is 2.93 bits per heavy atom. The summed E-state index contributed by atoms with van der Waals surface area (Å²) in [6.07, 6.45) is 2.25. The first-order valence-electron chi connectivity index (χ1n) is 5.13. The second kappa shape index (κ2) is 4.33. The molecule has 0 heterocycles. The van der Waals surface area contributed by atoms with Gasteiger partial charge in [0.25, 0.3) is 0 Å². The summed E-state index contributed by atoms with van der Waals surface area (Å²) in [6, 6.07) is 9.19.